The first-order chi connectivity index (χ1) is 9.45. The Balaban J connectivity index is 2.20. The van der Waals surface area contributed by atoms with Crippen LogP contribution in [0.25, 0.3) is 0 Å². The predicted molar refractivity (Wildman–Crippen MR) is 81.1 cm³/mol. The zero-order chi connectivity index (χ0) is 14.8. The number of hydrogen-bond donors (Lipinski definition) is 1. The molecular weight excluding hydrogens is 272 g/mol. The molecule has 1 aliphatic carbocycles. The van der Waals surface area contributed by atoms with E-state index in [4.69, 9.17) is 0 Å². The minimum atomic E-state index is -3.36. The van der Waals surface area contributed by atoms with Crippen molar-refractivity contribution in [3.63, 3.8) is 0 Å². The van der Waals surface area contributed by atoms with Crippen molar-refractivity contribution in [1.82, 2.24) is 9.62 Å². The van der Waals surface area contributed by atoms with E-state index in [1.807, 2.05) is 26.0 Å². The topological polar surface area (TPSA) is 49.4 Å². The van der Waals surface area contributed by atoms with Crippen LogP contribution in [0.1, 0.15) is 37.3 Å². The molecule has 0 radical (unpaired) electrons. The molecule has 1 aromatic rings. The van der Waals surface area contributed by atoms with Crippen LogP contribution in [0.4, 0.5) is 0 Å². The molecule has 1 aliphatic rings. The smallest absolute Gasteiger partial charge is 0.242 e. The van der Waals surface area contributed by atoms with E-state index in [0.717, 1.165) is 24.1 Å². The first-order valence-electron chi connectivity index (χ1n) is 7.24. The summed E-state index contributed by atoms with van der Waals surface area (Å²) in [5.41, 5.74) is 2.21. The third kappa shape index (κ3) is 3.59. The average Bonchev–Trinajstić information content (AvgIpc) is 3.22. The van der Waals surface area contributed by atoms with Gasteiger partial charge >= 0.3 is 0 Å². The molecular formula is C15H24N2O2S. The summed E-state index contributed by atoms with van der Waals surface area (Å²) in [6.45, 7) is 5.30. The fourth-order valence-electron chi connectivity index (χ4n) is 2.16. The normalized spacial score (nSPS) is 15.8. The second kappa shape index (κ2) is 6.24. The van der Waals surface area contributed by atoms with Gasteiger partial charge < -0.3 is 5.32 Å². The largest absolute Gasteiger partial charge is 0.310 e. The van der Waals surface area contributed by atoms with Gasteiger partial charge in [0.05, 0.1) is 4.90 Å². The van der Waals surface area contributed by atoms with Gasteiger partial charge in [-0.1, -0.05) is 13.0 Å². The van der Waals surface area contributed by atoms with Crippen molar-refractivity contribution in [1.29, 1.82) is 0 Å². The van der Waals surface area contributed by atoms with Crippen molar-refractivity contribution in [3.05, 3.63) is 29.3 Å². The van der Waals surface area contributed by atoms with Gasteiger partial charge in [0.15, 0.2) is 0 Å². The molecule has 0 amide bonds. The van der Waals surface area contributed by atoms with Crippen LogP contribution in [0.5, 0.6) is 0 Å². The van der Waals surface area contributed by atoms with E-state index in [-0.39, 0.29) is 0 Å². The number of benzene rings is 1. The highest BCUT2D eigenvalue weighted by Gasteiger charge is 2.22. The van der Waals surface area contributed by atoms with Gasteiger partial charge in [-0.15, -0.1) is 0 Å². The van der Waals surface area contributed by atoms with Gasteiger partial charge in [-0.25, -0.2) is 12.7 Å². The molecule has 0 bridgehead atoms. The van der Waals surface area contributed by atoms with E-state index in [1.165, 1.54) is 17.1 Å². The van der Waals surface area contributed by atoms with Gasteiger partial charge in [0, 0.05) is 26.2 Å². The standard InChI is InChI=1S/C15H24N2O2S/c1-4-9-17(3)20(18,19)15-8-5-12(2)13(10-15)11-16-14-6-7-14/h5,8,10,14,16H,4,6-7,9,11H2,1-3H3. The van der Waals surface area contributed by atoms with Crippen molar-refractivity contribution < 1.29 is 8.42 Å². The Labute approximate surface area is 122 Å². The lowest BCUT2D eigenvalue weighted by Gasteiger charge is -2.17. The Hall–Kier alpha value is -0.910. The Bertz CT molecular complexity index is 565. The molecule has 1 fully saturated rings. The van der Waals surface area contributed by atoms with Crippen LogP contribution in [-0.2, 0) is 16.6 Å². The van der Waals surface area contributed by atoms with Crippen LogP contribution in [0.3, 0.4) is 0 Å². The van der Waals surface area contributed by atoms with Gasteiger partial charge in [-0.3, -0.25) is 0 Å². The number of rotatable bonds is 7. The number of sulfonamides is 1. The lowest BCUT2D eigenvalue weighted by Crippen LogP contribution is -2.28. The van der Waals surface area contributed by atoms with E-state index in [0.29, 0.717) is 17.5 Å². The van der Waals surface area contributed by atoms with Crippen molar-refractivity contribution in [2.45, 2.75) is 50.6 Å². The third-order valence-corrected chi connectivity index (χ3v) is 5.58. The molecule has 20 heavy (non-hydrogen) atoms. The molecule has 112 valence electrons. The Morgan fingerprint density at radius 3 is 2.65 bits per heavy atom. The molecule has 1 saturated carbocycles. The maximum absolute atomic E-state index is 12.4. The minimum Gasteiger partial charge on any atom is -0.310 e. The molecule has 0 heterocycles. The molecule has 2 rings (SSSR count). The summed E-state index contributed by atoms with van der Waals surface area (Å²) < 4.78 is 26.3. The molecule has 0 unspecified atom stereocenters. The molecule has 0 aromatic heterocycles. The summed E-state index contributed by atoms with van der Waals surface area (Å²) in [5, 5.41) is 3.44. The highest BCUT2D eigenvalue weighted by Crippen LogP contribution is 2.22. The lowest BCUT2D eigenvalue weighted by atomic mass is 10.1. The molecule has 1 aromatic carbocycles. The zero-order valence-electron chi connectivity index (χ0n) is 12.5. The summed E-state index contributed by atoms with van der Waals surface area (Å²) >= 11 is 0. The first-order valence-corrected chi connectivity index (χ1v) is 8.68. The van der Waals surface area contributed by atoms with E-state index in [9.17, 15) is 8.42 Å². The average molecular weight is 296 g/mol. The maximum Gasteiger partial charge on any atom is 0.242 e. The summed E-state index contributed by atoms with van der Waals surface area (Å²) in [7, 11) is -1.72. The van der Waals surface area contributed by atoms with Crippen LogP contribution in [0.2, 0.25) is 0 Å². The summed E-state index contributed by atoms with van der Waals surface area (Å²) in [6, 6.07) is 6.04. The fourth-order valence-corrected chi connectivity index (χ4v) is 3.47. The summed E-state index contributed by atoms with van der Waals surface area (Å²) in [6.07, 6.45) is 3.28. The molecule has 0 saturated heterocycles. The first kappa shape index (κ1) is 15.5. The second-order valence-electron chi connectivity index (χ2n) is 5.57. The fraction of sp³-hybridized carbons (Fsp3) is 0.600. The van der Waals surface area contributed by atoms with E-state index in [1.54, 1.807) is 13.1 Å². The SMILES string of the molecule is CCCN(C)S(=O)(=O)c1ccc(C)c(CNC2CC2)c1. The Morgan fingerprint density at radius 2 is 2.05 bits per heavy atom. The number of nitrogens with zero attached hydrogens (tertiary/aromatic N) is 1. The van der Waals surface area contributed by atoms with Gasteiger partial charge in [-0.2, -0.15) is 0 Å². The molecule has 5 heteroatoms. The van der Waals surface area contributed by atoms with E-state index in [2.05, 4.69) is 5.32 Å². The summed E-state index contributed by atoms with van der Waals surface area (Å²) in [5.74, 6) is 0. The number of hydrogen-bond acceptors (Lipinski definition) is 3. The highest BCUT2D eigenvalue weighted by atomic mass is 32.2. The van der Waals surface area contributed by atoms with Gasteiger partial charge in [0.25, 0.3) is 0 Å². The van der Waals surface area contributed by atoms with E-state index >= 15 is 0 Å². The van der Waals surface area contributed by atoms with Gasteiger partial charge in [-0.05, 0) is 49.4 Å². The van der Waals surface area contributed by atoms with Crippen molar-refractivity contribution >= 4 is 10.0 Å². The van der Waals surface area contributed by atoms with Gasteiger partial charge in [0.2, 0.25) is 10.0 Å². The Kier molecular flexibility index (Phi) is 4.83. The van der Waals surface area contributed by atoms with Crippen molar-refractivity contribution in [2.75, 3.05) is 13.6 Å². The number of aryl methyl sites for hydroxylation is 1. The van der Waals surface area contributed by atoms with Crippen LogP contribution >= 0.6 is 0 Å². The second-order valence-corrected chi connectivity index (χ2v) is 7.61. The molecule has 0 atom stereocenters. The zero-order valence-corrected chi connectivity index (χ0v) is 13.3. The molecule has 4 nitrogen and oxygen atoms in total. The Morgan fingerprint density at radius 1 is 1.35 bits per heavy atom. The number of nitrogens with one attached hydrogen (secondary N) is 1. The monoisotopic (exact) mass is 296 g/mol. The van der Waals surface area contributed by atoms with Crippen LogP contribution < -0.4 is 5.32 Å². The highest BCUT2D eigenvalue weighted by molar-refractivity contribution is 7.89. The lowest BCUT2D eigenvalue weighted by molar-refractivity contribution is 0.468. The predicted octanol–water partition coefficient (Wildman–Crippen LogP) is 2.28. The molecule has 1 N–H and O–H groups in total. The van der Waals surface area contributed by atoms with Crippen LogP contribution in [0.15, 0.2) is 23.1 Å². The minimum absolute atomic E-state index is 0.395. The van der Waals surface area contributed by atoms with Crippen LogP contribution in [0, 0.1) is 6.92 Å². The quantitative estimate of drug-likeness (QED) is 0.840. The van der Waals surface area contributed by atoms with Crippen LogP contribution in [-0.4, -0.2) is 32.4 Å². The van der Waals surface area contributed by atoms with Gasteiger partial charge in [0.1, 0.15) is 0 Å². The molecule has 0 aliphatic heterocycles. The van der Waals surface area contributed by atoms with Crippen molar-refractivity contribution in [3.8, 4) is 0 Å². The third-order valence-electron chi connectivity index (χ3n) is 3.73. The maximum atomic E-state index is 12.4. The van der Waals surface area contributed by atoms with E-state index < -0.39 is 10.0 Å². The van der Waals surface area contributed by atoms with Crippen molar-refractivity contribution in [2.24, 2.45) is 0 Å². The molecule has 0 spiro atoms. The summed E-state index contributed by atoms with van der Waals surface area (Å²) in [4.78, 5) is 0.395.